The zero-order chi connectivity index (χ0) is 11.7. The van der Waals surface area contributed by atoms with Crippen LogP contribution in [0.15, 0.2) is 30.2 Å². The van der Waals surface area contributed by atoms with Crippen LogP contribution >= 0.6 is 11.3 Å². The summed E-state index contributed by atoms with van der Waals surface area (Å²) in [6.45, 7) is 0. The number of carbonyl (C=O) groups excluding carboxylic acids is 1. The third kappa shape index (κ3) is 2.04. The summed E-state index contributed by atoms with van der Waals surface area (Å²) in [5.41, 5.74) is 0.751. The van der Waals surface area contributed by atoms with Crippen molar-refractivity contribution in [3.8, 4) is 0 Å². The molecule has 3 aromatic heterocycles. The third-order valence-corrected chi connectivity index (χ3v) is 3.01. The largest absolute Gasteiger partial charge is 0.331 e. The number of H-pyrrole nitrogens is 1. The molecule has 1 amide bonds. The zero-order valence-corrected chi connectivity index (χ0v) is 9.57. The van der Waals surface area contributed by atoms with E-state index in [2.05, 4.69) is 20.3 Å². The van der Waals surface area contributed by atoms with Crippen LogP contribution in [0.1, 0.15) is 5.69 Å². The van der Waals surface area contributed by atoms with Gasteiger partial charge in [-0.3, -0.25) is 14.5 Å². The number of nitrogens with one attached hydrogen (secondary N) is 2. The lowest BCUT2D eigenvalue weighted by Crippen LogP contribution is -2.15. The van der Waals surface area contributed by atoms with E-state index in [4.69, 9.17) is 0 Å². The third-order valence-electron chi connectivity index (χ3n) is 2.24. The SMILES string of the molecule is O=C(Cc1cn2ccsc2n1)Nc1ncc[nH]1. The highest BCUT2D eigenvalue weighted by molar-refractivity contribution is 7.15. The Bertz CT molecular complexity index is 610. The summed E-state index contributed by atoms with van der Waals surface area (Å²) in [5, 5.41) is 4.61. The van der Waals surface area contributed by atoms with Gasteiger partial charge in [-0.05, 0) is 0 Å². The normalized spacial score (nSPS) is 10.8. The number of aromatic amines is 1. The van der Waals surface area contributed by atoms with E-state index in [0.717, 1.165) is 10.7 Å². The van der Waals surface area contributed by atoms with Gasteiger partial charge in [0.15, 0.2) is 4.96 Å². The Hall–Kier alpha value is -2.15. The highest BCUT2D eigenvalue weighted by atomic mass is 32.1. The van der Waals surface area contributed by atoms with Crippen LogP contribution in [-0.2, 0) is 11.2 Å². The first kappa shape index (κ1) is 10.0. The summed E-state index contributed by atoms with van der Waals surface area (Å²) >= 11 is 1.54. The minimum Gasteiger partial charge on any atom is -0.331 e. The van der Waals surface area contributed by atoms with Gasteiger partial charge in [-0.1, -0.05) is 0 Å². The van der Waals surface area contributed by atoms with E-state index in [9.17, 15) is 4.79 Å². The number of amides is 1. The van der Waals surface area contributed by atoms with Gasteiger partial charge in [0.25, 0.3) is 0 Å². The predicted octanol–water partition coefficient (Wildman–Crippen LogP) is 1.30. The fourth-order valence-electron chi connectivity index (χ4n) is 1.54. The maximum atomic E-state index is 11.7. The lowest BCUT2D eigenvalue weighted by atomic mass is 10.3. The van der Waals surface area contributed by atoms with E-state index in [-0.39, 0.29) is 12.3 Å². The fraction of sp³-hybridized carbons (Fsp3) is 0.100. The average molecular weight is 247 g/mol. The molecule has 0 aliphatic rings. The van der Waals surface area contributed by atoms with Crippen molar-refractivity contribution < 1.29 is 4.79 Å². The Balaban J connectivity index is 1.70. The number of aromatic nitrogens is 4. The molecule has 0 saturated heterocycles. The first-order valence-electron chi connectivity index (χ1n) is 5.01. The van der Waals surface area contributed by atoms with Gasteiger partial charge >= 0.3 is 0 Å². The second-order valence-electron chi connectivity index (χ2n) is 3.49. The van der Waals surface area contributed by atoms with E-state index >= 15 is 0 Å². The minimum absolute atomic E-state index is 0.134. The molecule has 3 rings (SSSR count). The van der Waals surface area contributed by atoms with Crippen LogP contribution in [0.4, 0.5) is 5.95 Å². The van der Waals surface area contributed by atoms with Crippen molar-refractivity contribution in [2.45, 2.75) is 6.42 Å². The molecule has 0 aromatic carbocycles. The Morgan fingerprint density at radius 1 is 1.59 bits per heavy atom. The Morgan fingerprint density at radius 3 is 3.29 bits per heavy atom. The van der Waals surface area contributed by atoms with E-state index in [1.807, 2.05) is 22.2 Å². The highest BCUT2D eigenvalue weighted by Gasteiger charge is 2.09. The number of carbonyl (C=O) groups is 1. The van der Waals surface area contributed by atoms with Crippen molar-refractivity contribution >= 4 is 28.2 Å². The van der Waals surface area contributed by atoms with E-state index < -0.39 is 0 Å². The van der Waals surface area contributed by atoms with Crippen molar-refractivity contribution in [3.05, 3.63) is 35.9 Å². The van der Waals surface area contributed by atoms with E-state index in [0.29, 0.717) is 5.95 Å². The molecule has 0 aliphatic carbocycles. The van der Waals surface area contributed by atoms with Gasteiger partial charge in [-0.25, -0.2) is 9.97 Å². The second-order valence-corrected chi connectivity index (χ2v) is 4.36. The van der Waals surface area contributed by atoms with E-state index in [1.165, 1.54) is 0 Å². The van der Waals surface area contributed by atoms with Gasteiger partial charge in [0.1, 0.15) is 0 Å². The lowest BCUT2D eigenvalue weighted by molar-refractivity contribution is -0.115. The van der Waals surface area contributed by atoms with Crippen molar-refractivity contribution in [3.63, 3.8) is 0 Å². The van der Waals surface area contributed by atoms with Crippen LogP contribution in [0, 0.1) is 0 Å². The van der Waals surface area contributed by atoms with Crippen molar-refractivity contribution in [2.75, 3.05) is 5.32 Å². The quantitative estimate of drug-likeness (QED) is 0.732. The first-order valence-corrected chi connectivity index (χ1v) is 5.89. The smallest absolute Gasteiger partial charge is 0.232 e. The molecule has 17 heavy (non-hydrogen) atoms. The summed E-state index contributed by atoms with van der Waals surface area (Å²) < 4.78 is 1.90. The molecule has 0 spiro atoms. The molecule has 0 radical (unpaired) electrons. The highest BCUT2D eigenvalue weighted by Crippen LogP contribution is 2.11. The molecule has 0 saturated carbocycles. The second kappa shape index (κ2) is 4.02. The van der Waals surface area contributed by atoms with Crippen molar-refractivity contribution in [1.29, 1.82) is 0 Å². The van der Waals surface area contributed by atoms with Gasteiger partial charge in [0, 0.05) is 30.2 Å². The molecule has 6 nitrogen and oxygen atoms in total. The van der Waals surface area contributed by atoms with Crippen molar-refractivity contribution in [1.82, 2.24) is 19.4 Å². The maximum Gasteiger partial charge on any atom is 0.232 e. The molecular formula is C10H9N5OS. The number of imidazole rings is 2. The minimum atomic E-state index is -0.134. The number of anilines is 1. The molecule has 0 aliphatic heterocycles. The summed E-state index contributed by atoms with van der Waals surface area (Å²) in [4.78, 5) is 23.6. The van der Waals surface area contributed by atoms with Crippen LogP contribution in [0.3, 0.4) is 0 Å². The number of nitrogens with zero attached hydrogens (tertiary/aromatic N) is 3. The van der Waals surface area contributed by atoms with Crippen LogP contribution < -0.4 is 5.32 Å². The molecule has 2 N–H and O–H groups in total. The van der Waals surface area contributed by atoms with Gasteiger partial charge < -0.3 is 4.98 Å². The molecule has 3 aromatic rings. The monoisotopic (exact) mass is 247 g/mol. The summed E-state index contributed by atoms with van der Waals surface area (Å²) in [5.74, 6) is 0.321. The van der Waals surface area contributed by atoms with Crippen molar-refractivity contribution in [2.24, 2.45) is 0 Å². The molecule has 86 valence electrons. The number of hydrogen-bond acceptors (Lipinski definition) is 4. The van der Waals surface area contributed by atoms with Gasteiger partial charge in [0.2, 0.25) is 11.9 Å². The number of thiazole rings is 1. The summed E-state index contributed by atoms with van der Waals surface area (Å²) in [7, 11) is 0. The van der Waals surface area contributed by atoms with Crippen LogP contribution in [0.2, 0.25) is 0 Å². The summed E-state index contributed by atoms with van der Waals surface area (Å²) in [6.07, 6.45) is 7.26. The predicted molar refractivity (Wildman–Crippen MR) is 64.0 cm³/mol. The Kier molecular flexibility index (Phi) is 2.37. The first-order chi connectivity index (χ1) is 8.31. The Morgan fingerprint density at radius 2 is 2.53 bits per heavy atom. The molecule has 0 unspecified atom stereocenters. The molecule has 3 heterocycles. The van der Waals surface area contributed by atoms with E-state index in [1.54, 1.807) is 23.7 Å². The fourth-order valence-corrected chi connectivity index (χ4v) is 2.25. The Labute approximate surface area is 100 Å². The molecule has 7 heteroatoms. The van der Waals surface area contributed by atoms with Crippen LogP contribution in [0.25, 0.3) is 4.96 Å². The molecular weight excluding hydrogens is 238 g/mol. The molecule has 0 bridgehead atoms. The maximum absolute atomic E-state index is 11.7. The van der Waals surface area contributed by atoms with Crippen LogP contribution in [0.5, 0.6) is 0 Å². The van der Waals surface area contributed by atoms with Gasteiger partial charge in [-0.2, -0.15) is 0 Å². The van der Waals surface area contributed by atoms with Gasteiger partial charge in [-0.15, -0.1) is 11.3 Å². The number of hydrogen-bond donors (Lipinski definition) is 2. The lowest BCUT2D eigenvalue weighted by Gasteiger charge is -1.98. The van der Waals surface area contributed by atoms with Crippen LogP contribution in [-0.4, -0.2) is 25.3 Å². The average Bonchev–Trinajstić information content (AvgIpc) is 2.92. The molecule has 0 fully saturated rings. The summed E-state index contributed by atoms with van der Waals surface area (Å²) in [6, 6.07) is 0. The number of fused-ring (bicyclic) bond motifs is 1. The standard InChI is InChI=1S/C10H9N5OS/c16-8(14-9-11-1-2-12-9)5-7-6-15-3-4-17-10(15)13-7/h1-4,6H,5H2,(H2,11,12,14,16). The zero-order valence-electron chi connectivity index (χ0n) is 8.75. The number of rotatable bonds is 3. The molecule has 0 atom stereocenters. The topological polar surface area (TPSA) is 75.1 Å². The van der Waals surface area contributed by atoms with Gasteiger partial charge in [0.05, 0.1) is 12.1 Å².